The molecule has 0 spiro atoms. The third-order valence-electron chi connectivity index (χ3n) is 3.91. The number of nitrogens with two attached hydrogens (primary N) is 1. The Kier molecular flexibility index (Phi) is 3.05. The number of aromatic nitrogens is 2. The molecule has 1 unspecified atom stereocenters. The second-order valence-corrected chi connectivity index (χ2v) is 5.87. The van der Waals surface area contributed by atoms with E-state index in [1.54, 1.807) is 12.1 Å². The quantitative estimate of drug-likeness (QED) is 0.919. The first kappa shape index (κ1) is 12.6. The molecule has 0 aliphatic heterocycles. The van der Waals surface area contributed by atoms with Crippen molar-refractivity contribution < 1.29 is 4.39 Å². The monoisotopic (exact) mass is 261 g/mol. The smallest absolute Gasteiger partial charge is 0.125 e. The maximum Gasteiger partial charge on any atom is 0.125 e. The fourth-order valence-corrected chi connectivity index (χ4v) is 2.45. The average Bonchev–Trinajstić information content (AvgIpc) is 3.12. The molecule has 0 bridgehead atoms. The number of fused-ring (bicyclic) bond motifs is 1. The summed E-state index contributed by atoms with van der Waals surface area (Å²) in [5, 5.41) is 0. The van der Waals surface area contributed by atoms with Gasteiger partial charge in [0.25, 0.3) is 0 Å². The normalized spacial score (nSPS) is 17.3. The molecule has 1 atom stereocenters. The number of hydrogen-bond acceptors (Lipinski definition) is 2. The molecule has 0 radical (unpaired) electrons. The maximum absolute atomic E-state index is 13.4. The molecule has 19 heavy (non-hydrogen) atoms. The molecule has 1 aliphatic carbocycles. The van der Waals surface area contributed by atoms with Crippen molar-refractivity contribution in [2.24, 2.45) is 11.7 Å². The van der Waals surface area contributed by atoms with Crippen molar-refractivity contribution in [3.8, 4) is 0 Å². The number of imidazole rings is 1. The van der Waals surface area contributed by atoms with E-state index in [2.05, 4.69) is 23.4 Å². The minimum Gasteiger partial charge on any atom is -0.327 e. The summed E-state index contributed by atoms with van der Waals surface area (Å²) < 4.78 is 15.6. The SMILES string of the molecule is CC(C)C(N)Cc1nc2ccc(F)cc2n1C1CC1. The van der Waals surface area contributed by atoms with Crippen molar-refractivity contribution in [1.29, 1.82) is 0 Å². The van der Waals surface area contributed by atoms with E-state index in [0.29, 0.717) is 12.0 Å². The van der Waals surface area contributed by atoms with E-state index in [-0.39, 0.29) is 11.9 Å². The molecule has 1 aromatic heterocycles. The maximum atomic E-state index is 13.4. The van der Waals surface area contributed by atoms with E-state index in [4.69, 9.17) is 5.73 Å². The van der Waals surface area contributed by atoms with Crippen LogP contribution in [0.15, 0.2) is 18.2 Å². The Bertz CT molecular complexity index is 599. The van der Waals surface area contributed by atoms with Crippen LogP contribution >= 0.6 is 0 Å². The summed E-state index contributed by atoms with van der Waals surface area (Å²) in [6, 6.07) is 5.40. The summed E-state index contributed by atoms with van der Waals surface area (Å²) in [4.78, 5) is 4.65. The highest BCUT2D eigenvalue weighted by Crippen LogP contribution is 2.39. The number of halogens is 1. The van der Waals surface area contributed by atoms with Gasteiger partial charge in [-0.25, -0.2) is 9.37 Å². The first-order chi connectivity index (χ1) is 9.06. The summed E-state index contributed by atoms with van der Waals surface area (Å²) in [5.41, 5.74) is 7.95. The van der Waals surface area contributed by atoms with Crippen molar-refractivity contribution in [2.75, 3.05) is 0 Å². The lowest BCUT2D eigenvalue weighted by atomic mass is 10.0. The van der Waals surface area contributed by atoms with Gasteiger partial charge in [-0.1, -0.05) is 13.8 Å². The lowest BCUT2D eigenvalue weighted by molar-refractivity contribution is 0.473. The third-order valence-corrected chi connectivity index (χ3v) is 3.91. The molecule has 1 saturated carbocycles. The minimum absolute atomic E-state index is 0.0964. The van der Waals surface area contributed by atoms with Gasteiger partial charge in [-0.3, -0.25) is 0 Å². The predicted octanol–water partition coefficient (Wildman–Crippen LogP) is 3.04. The lowest BCUT2D eigenvalue weighted by Crippen LogP contribution is -2.30. The van der Waals surface area contributed by atoms with Crippen molar-refractivity contribution in [1.82, 2.24) is 9.55 Å². The highest BCUT2D eigenvalue weighted by atomic mass is 19.1. The Morgan fingerprint density at radius 3 is 2.79 bits per heavy atom. The zero-order valence-electron chi connectivity index (χ0n) is 11.4. The molecule has 2 aromatic rings. The Morgan fingerprint density at radius 2 is 2.16 bits per heavy atom. The topological polar surface area (TPSA) is 43.8 Å². The highest BCUT2D eigenvalue weighted by Gasteiger charge is 2.29. The number of rotatable bonds is 4. The van der Waals surface area contributed by atoms with Crippen LogP contribution in [0.4, 0.5) is 4.39 Å². The van der Waals surface area contributed by atoms with Gasteiger partial charge in [-0.15, -0.1) is 0 Å². The van der Waals surface area contributed by atoms with Gasteiger partial charge in [0.2, 0.25) is 0 Å². The zero-order chi connectivity index (χ0) is 13.6. The summed E-state index contributed by atoms with van der Waals surface area (Å²) in [6.07, 6.45) is 3.07. The number of hydrogen-bond donors (Lipinski definition) is 1. The van der Waals surface area contributed by atoms with E-state index in [9.17, 15) is 4.39 Å². The first-order valence-corrected chi connectivity index (χ1v) is 6.98. The summed E-state index contributed by atoms with van der Waals surface area (Å²) in [6.45, 7) is 4.24. The van der Waals surface area contributed by atoms with Gasteiger partial charge >= 0.3 is 0 Å². The molecule has 1 aliphatic rings. The van der Waals surface area contributed by atoms with Gasteiger partial charge in [0.05, 0.1) is 11.0 Å². The Morgan fingerprint density at radius 1 is 1.42 bits per heavy atom. The molecule has 1 fully saturated rings. The van der Waals surface area contributed by atoms with Gasteiger partial charge in [0, 0.05) is 18.5 Å². The molecular formula is C15H20FN3. The van der Waals surface area contributed by atoms with E-state index < -0.39 is 0 Å². The summed E-state index contributed by atoms with van der Waals surface area (Å²) in [5.74, 6) is 1.22. The Balaban J connectivity index is 2.05. The molecule has 1 heterocycles. The van der Waals surface area contributed by atoms with Gasteiger partial charge in [0.15, 0.2) is 0 Å². The third kappa shape index (κ3) is 2.37. The van der Waals surface area contributed by atoms with Crippen LogP contribution < -0.4 is 5.73 Å². The Labute approximate surface area is 112 Å². The fraction of sp³-hybridized carbons (Fsp3) is 0.533. The molecule has 4 heteroatoms. The van der Waals surface area contributed by atoms with Crippen LogP contribution in [0.2, 0.25) is 0 Å². The van der Waals surface area contributed by atoms with E-state index >= 15 is 0 Å². The number of nitrogens with zero attached hydrogens (tertiary/aromatic N) is 2. The van der Waals surface area contributed by atoms with E-state index in [1.807, 2.05) is 0 Å². The van der Waals surface area contributed by atoms with Crippen LogP contribution in [0.1, 0.15) is 38.6 Å². The molecular weight excluding hydrogens is 241 g/mol. The van der Waals surface area contributed by atoms with E-state index in [1.165, 1.54) is 6.07 Å². The second kappa shape index (κ2) is 4.60. The molecule has 3 rings (SSSR count). The fourth-order valence-electron chi connectivity index (χ4n) is 2.45. The van der Waals surface area contributed by atoms with Crippen LogP contribution in [-0.2, 0) is 6.42 Å². The molecule has 0 amide bonds. The van der Waals surface area contributed by atoms with Crippen molar-refractivity contribution >= 4 is 11.0 Å². The van der Waals surface area contributed by atoms with Crippen molar-refractivity contribution in [3.05, 3.63) is 29.8 Å². The molecule has 3 nitrogen and oxygen atoms in total. The minimum atomic E-state index is -0.200. The van der Waals surface area contributed by atoms with Crippen LogP contribution in [0, 0.1) is 11.7 Å². The van der Waals surface area contributed by atoms with Gasteiger partial charge in [-0.2, -0.15) is 0 Å². The van der Waals surface area contributed by atoms with Crippen LogP contribution in [0.25, 0.3) is 11.0 Å². The zero-order valence-corrected chi connectivity index (χ0v) is 11.4. The van der Waals surface area contributed by atoms with Crippen LogP contribution in [0.5, 0.6) is 0 Å². The predicted molar refractivity (Wildman–Crippen MR) is 74.5 cm³/mol. The molecule has 1 aromatic carbocycles. The second-order valence-electron chi connectivity index (χ2n) is 5.87. The largest absolute Gasteiger partial charge is 0.327 e. The van der Waals surface area contributed by atoms with Crippen LogP contribution in [-0.4, -0.2) is 15.6 Å². The standard InChI is InChI=1S/C15H20FN3/c1-9(2)12(17)8-15-18-13-6-3-10(16)7-14(13)19(15)11-4-5-11/h3,6-7,9,11-12H,4-5,8,17H2,1-2H3. The van der Waals surface area contributed by atoms with Crippen molar-refractivity contribution in [3.63, 3.8) is 0 Å². The molecule has 2 N–H and O–H groups in total. The average molecular weight is 261 g/mol. The van der Waals surface area contributed by atoms with Crippen molar-refractivity contribution in [2.45, 2.75) is 45.2 Å². The molecule has 0 saturated heterocycles. The summed E-state index contributed by atoms with van der Waals surface area (Å²) >= 11 is 0. The van der Waals surface area contributed by atoms with Gasteiger partial charge in [0.1, 0.15) is 11.6 Å². The lowest BCUT2D eigenvalue weighted by Gasteiger charge is -2.16. The summed E-state index contributed by atoms with van der Waals surface area (Å²) in [7, 11) is 0. The van der Waals surface area contributed by atoms with Gasteiger partial charge in [-0.05, 0) is 37.0 Å². The Hall–Kier alpha value is -1.42. The highest BCUT2D eigenvalue weighted by molar-refractivity contribution is 5.76. The van der Waals surface area contributed by atoms with Crippen LogP contribution in [0.3, 0.4) is 0 Å². The first-order valence-electron chi connectivity index (χ1n) is 6.98. The molecule has 102 valence electrons. The van der Waals surface area contributed by atoms with E-state index in [0.717, 1.165) is 36.1 Å². The number of benzene rings is 1. The van der Waals surface area contributed by atoms with Gasteiger partial charge < -0.3 is 10.3 Å².